The maximum Gasteiger partial charge on any atom is 0.0823 e. The summed E-state index contributed by atoms with van der Waals surface area (Å²) in [4.78, 5) is 0. The maximum absolute atomic E-state index is 11.1. The molecule has 0 fully saturated rings. The fourth-order valence-corrected chi connectivity index (χ4v) is 5.22. The Labute approximate surface area is 170 Å². The van der Waals surface area contributed by atoms with Crippen LogP contribution in [0.15, 0.2) is 22.2 Å². The van der Waals surface area contributed by atoms with Gasteiger partial charge >= 0.3 is 0 Å². The van der Waals surface area contributed by atoms with Crippen molar-refractivity contribution in [3.05, 3.63) is 22.2 Å². The lowest BCUT2D eigenvalue weighted by atomic mass is 9.85. The van der Waals surface area contributed by atoms with E-state index in [9.17, 15) is 5.11 Å². The quantitative estimate of drug-likeness (QED) is 0.442. The lowest BCUT2D eigenvalue weighted by molar-refractivity contribution is 0.151. The van der Waals surface area contributed by atoms with E-state index < -0.39 is 0 Å². The zero-order valence-corrected chi connectivity index (χ0v) is 18.4. The maximum atomic E-state index is 11.1. The standard InChI is InChI=1S/C24H41BrO/c25-23-20-16-11-9-7-5-3-1-2-4-6-8-10-15-19-22(23)24(26)21-17-13-12-14-18-21/h13,17,21,24,26H,1-12,14-16,18-20H2/b23-22-/t21-,24?/m0/s1. The highest BCUT2D eigenvalue weighted by Gasteiger charge is 2.23. The predicted molar refractivity (Wildman–Crippen MR) is 118 cm³/mol. The van der Waals surface area contributed by atoms with Crippen LogP contribution in [-0.2, 0) is 0 Å². The van der Waals surface area contributed by atoms with Gasteiger partial charge in [0.1, 0.15) is 0 Å². The molecule has 0 spiro atoms. The second-order valence-corrected chi connectivity index (χ2v) is 9.45. The van der Waals surface area contributed by atoms with Gasteiger partial charge in [-0.3, -0.25) is 0 Å². The van der Waals surface area contributed by atoms with E-state index in [0.29, 0.717) is 5.92 Å². The van der Waals surface area contributed by atoms with E-state index in [1.807, 2.05) is 0 Å². The van der Waals surface area contributed by atoms with E-state index >= 15 is 0 Å². The van der Waals surface area contributed by atoms with Crippen molar-refractivity contribution >= 4 is 15.9 Å². The molecule has 150 valence electrons. The van der Waals surface area contributed by atoms with Gasteiger partial charge in [-0.25, -0.2) is 0 Å². The summed E-state index contributed by atoms with van der Waals surface area (Å²) in [6, 6.07) is 0. The first-order valence-corrected chi connectivity index (χ1v) is 12.3. The Morgan fingerprint density at radius 3 is 1.73 bits per heavy atom. The monoisotopic (exact) mass is 424 g/mol. The highest BCUT2D eigenvalue weighted by Crippen LogP contribution is 2.33. The van der Waals surface area contributed by atoms with Crippen molar-refractivity contribution < 1.29 is 5.11 Å². The van der Waals surface area contributed by atoms with Crippen LogP contribution in [0.5, 0.6) is 0 Å². The van der Waals surface area contributed by atoms with Crippen LogP contribution < -0.4 is 0 Å². The van der Waals surface area contributed by atoms with Gasteiger partial charge in [-0.05, 0) is 55.0 Å². The first-order valence-electron chi connectivity index (χ1n) is 11.5. The molecule has 0 aromatic carbocycles. The number of hydrogen-bond donors (Lipinski definition) is 1. The van der Waals surface area contributed by atoms with E-state index in [0.717, 1.165) is 19.3 Å². The van der Waals surface area contributed by atoms with Crippen molar-refractivity contribution in [2.45, 2.75) is 122 Å². The molecular weight excluding hydrogens is 384 g/mol. The van der Waals surface area contributed by atoms with Crippen LogP contribution in [0, 0.1) is 5.92 Å². The molecule has 0 saturated heterocycles. The third kappa shape index (κ3) is 8.74. The second-order valence-electron chi connectivity index (χ2n) is 8.49. The third-order valence-electron chi connectivity index (χ3n) is 6.24. The second kappa shape index (κ2) is 14.0. The van der Waals surface area contributed by atoms with Gasteiger partial charge < -0.3 is 5.11 Å². The molecule has 0 saturated carbocycles. The lowest BCUT2D eigenvalue weighted by Gasteiger charge is -2.26. The molecule has 2 rings (SSSR count). The minimum Gasteiger partial charge on any atom is -0.388 e. The minimum atomic E-state index is -0.275. The average Bonchev–Trinajstić information content (AvgIpc) is 2.67. The molecule has 1 N–H and O–H groups in total. The summed E-state index contributed by atoms with van der Waals surface area (Å²) < 4.78 is 1.31. The number of aliphatic hydroxyl groups excluding tert-OH is 1. The largest absolute Gasteiger partial charge is 0.388 e. The van der Waals surface area contributed by atoms with Crippen molar-refractivity contribution in [2.24, 2.45) is 5.92 Å². The highest BCUT2D eigenvalue weighted by molar-refractivity contribution is 9.11. The van der Waals surface area contributed by atoms with Crippen molar-refractivity contribution in [3.8, 4) is 0 Å². The summed E-state index contributed by atoms with van der Waals surface area (Å²) in [6.07, 6.45) is 27.9. The van der Waals surface area contributed by atoms with E-state index in [1.54, 1.807) is 0 Å². The zero-order chi connectivity index (χ0) is 18.5. The molecule has 2 heteroatoms. The number of halogens is 1. The summed E-state index contributed by atoms with van der Waals surface area (Å²) in [7, 11) is 0. The zero-order valence-electron chi connectivity index (χ0n) is 16.9. The SMILES string of the molecule is OC(/C1=C(\Br)CCCCCCCCCCCCCCC1)[C@H]1C=CCCC1. The van der Waals surface area contributed by atoms with Crippen LogP contribution in [0.3, 0.4) is 0 Å². The van der Waals surface area contributed by atoms with Gasteiger partial charge in [0, 0.05) is 5.92 Å². The lowest BCUT2D eigenvalue weighted by Crippen LogP contribution is -2.23. The molecule has 2 atom stereocenters. The van der Waals surface area contributed by atoms with E-state index in [2.05, 4.69) is 28.1 Å². The van der Waals surface area contributed by atoms with Crippen LogP contribution in [0.25, 0.3) is 0 Å². The summed E-state index contributed by atoms with van der Waals surface area (Å²) in [5.74, 6) is 0.334. The summed E-state index contributed by atoms with van der Waals surface area (Å²) in [5, 5.41) is 11.1. The molecule has 0 aliphatic heterocycles. The Kier molecular flexibility index (Phi) is 12.0. The van der Waals surface area contributed by atoms with Crippen molar-refractivity contribution in [1.82, 2.24) is 0 Å². The van der Waals surface area contributed by atoms with E-state index in [-0.39, 0.29) is 6.10 Å². The first-order chi connectivity index (χ1) is 12.8. The summed E-state index contributed by atoms with van der Waals surface area (Å²) in [5.41, 5.74) is 1.31. The first kappa shape index (κ1) is 22.2. The smallest absolute Gasteiger partial charge is 0.0823 e. The van der Waals surface area contributed by atoms with Gasteiger partial charge in [0.25, 0.3) is 0 Å². The van der Waals surface area contributed by atoms with Crippen molar-refractivity contribution in [3.63, 3.8) is 0 Å². The fourth-order valence-electron chi connectivity index (χ4n) is 4.50. The Hall–Kier alpha value is -0.0800. The van der Waals surface area contributed by atoms with Crippen molar-refractivity contribution in [2.75, 3.05) is 0 Å². The van der Waals surface area contributed by atoms with Crippen LogP contribution in [0.2, 0.25) is 0 Å². The summed E-state index contributed by atoms with van der Waals surface area (Å²) >= 11 is 3.88. The van der Waals surface area contributed by atoms with Crippen molar-refractivity contribution in [1.29, 1.82) is 0 Å². The molecule has 2 aliphatic rings. The van der Waals surface area contributed by atoms with Crippen LogP contribution in [-0.4, -0.2) is 11.2 Å². The molecule has 0 bridgehead atoms. The van der Waals surface area contributed by atoms with Gasteiger partial charge in [-0.15, -0.1) is 0 Å². The molecule has 0 heterocycles. The Morgan fingerprint density at radius 1 is 0.731 bits per heavy atom. The predicted octanol–water partition coefficient (Wildman–Crippen LogP) is 8.22. The average molecular weight is 425 g/mol. The molecular formula is C24H41BrO. The molecule has 1 nitrogen and oxygen atoms in total. The number of hydrogen-bond acceptors (Lipinski definition) is 1. The molecule has 0 amide bonds. The topological polar surface area (TPSA) is 20.2 Å². The van der Waals surface area contributed by atoms with Gasteiger partial charge in [0.05, 0.1) is 6.10 Å². The van der Waals surface area contributed by atoms with E-state index in [1.165, 1.54) is 106 Å². The van der Waals surface area contributed by atoms with Gasteiger partial charge in [0.2, 0.25) is 0 Å². The minimum absolute atomic E-state index is 0.275. The van der Waals surface area contributed by atoms with Gasteiger partial charge in [0.15, 0.2) is 0 Å². The summed E-state index contributed by atoms with van der Waals surface area (Å²) in [6.45, 7) is 0. The molecule has 26 heavy (non-hydrogen) atoms. The Morgan fingerprint density at radius 2 is 1.23 bits per heavy atom. The van der Waals surface area contributed by atoms with Crippen LogP contribution >= 0.6 is 15.9 Å². The molecule has 0 radical (unpaired) electrons. The number of rotatable bonds is 2. The number of allylic oxidation sites excluding steroid dienone is 2. The molecule has 0 aromatic heterocycles. The highest BCUT2D eigenvalue weighted by atomic mass is 79.9. The van der Waals surface area contributed by atoms with Crippen LogP contribution in [0.4, 0.5) is 0 Å². The molecule has 1 unspecified atom stereocenters. The third-order valence-corrected chi connectivity index (χ3v) is 7.15. The molecule has 0 aromatic rings. The van der Waals surface area contributed by atoms with Gasteiger partial charge in [-0.2, -0.15) is 0 Å². The van der Waals surface area contributed by atoms with E-state index in [4.69, 9.17) is 0 Å². The Balaban J connectivity index is 1.94. The van der Waals surface area contributed by atoms with Gasteiger partial charge in [-0.1, -0.05) is 98.7 Å². The normalized spacial score (nSPS) is 29.8. The number of aliphatic hydroxyl groups is 1. The Bertz CT molecular complexity index is 426. The van der Waals surface area contributed by atoms with Crippen LogP contribution in [0.1, 0.15) is 116 Å². The molecule has 2 aliphatic carbocycles. The fraction of sp³-hybridized carbons (Fsp3) is 0.833.